The number of alkyl halides is 3. The van der Waals surface area contributed by atoms with E-state index in [0.29, 0.717) is 4.90 Å². The number of halogens is 3. The van der Waals surface area contributed by atoms with Crippen LogP contribution >= 0.6 is 0 Å². The van der Waals surface area contributed by atoms with E-state index in [9.17, 15) is 18.0 Å². The first-order valence-corrected chi connectivity index (χ1v) is 5.38. The Bertz CT molecular complexity index is 640. The van der Waals surface area contributed by atoms with Gasteiger partial charge in [0, 0.05) is 0 Å². The van der Waals surface area contributed by atoms with Crippen LogP contribution in [0.15, 0.2) is 10.9 Å². The van der Waals surface area contributed by atoms with Gasteiger partial charge in [-0.3, -0.25) is 4.79 Å². The molecular weight excluding hydrogens is 281 g/mol. The summed E-state index contributed by atoms with van der Waals surface area (Å²) in [5.41, 5.74) is 0.290. The van der Waals surface area contributed by atoms with Gasteiger partial charge in [0.1, 0.15) is 30.6 Å². The van der Waals surface area contributed by atoms with E-state index in [4.69, 9.17) is 9.63 Å². The van der Waals surface area contributed by atoms with E-state index in [0.717, 1.165) is 6.33 Å². The number of anilines is 1. The molecular formula is C10H9F3N4O3. The van der Waals surface area contributed by atoms with Gasteiger partial charge in [0.15, 0.2) is 0 Å². The number of rotatable bonds is 4. The van der Waals surface area contributed by atoms with E-state index < -0.39 is 25.2 Å². The largest absolute Gasteiger partial charge is 0.480 e. The van der Waals surface area contributed by atoms with Crippen LogP contribution in [0, 0.1) is 6.92 Å². The second-order valence-corrected chi connectivity index (χ2v) is 4.01. The van der Waals surface area contributed by atoms with Crippen molar-refractivity contribution in [3.63, 3.8) is 0 Å². The zero-order valence-electron chi connectivity index (χ0n) is 10.2. The predicted octanol–water partition coefficient (Wildman–Crippen LogP) is 1.38. The third kappa shape index (κ3) is 2.95. The van der Waals surface area contributed by atoms with E-state index in [1.165, 1.54) is 6.92 Å². The van der Waals surface area contributed by atoms with Crippen molar-refractivity contribution in [2.45, 2.75) is 13.1 Å². The molecule has 0 aromatic carbocycles. The zero-order chi connectivity index (χ0) is 14.9. The van der Waals surface area contributed by atoms with Gasteiger partial charge in [0.2, 0.25) is 0 Å². The summed E-state index contributed by atoms with van der Waals surface area (Å²) in [7, 11) is 0. The highest BCUT2D eigenvalue weighted by molar-refractivity contribution is 5.89. The fraction of sp³-hybridized carbons (Fsp3) is 0.400. The molecule has 2 rings (SSSR count). The van der Waals surface area contributed by atoms with Gasteiger partial charge in [-0.1, -0.05) is 5.16 Å². The van der Waals surface area contributed by atoms with Gasteiger partial charge in [0.25, 0.3) is 5.71 Å². The summed E-state index contributed by atoms with van der Waals surface area (Å²) in [6.07, 6.45) is -3.58. The lowest BCUT2D eigenvalue weighted by molar-refractivity contribution is -0.136. The number of hydrogen-bond acceptors (Lipinski definition) is 6. The Morgan fingerprint density at radius 1 is 1.45 bits per heavy atom. The molecule has 0 unspecified atom stereocenters. The fourth-order valence-corrected chi connectivity index (χ4v) is 1.73. The summed E-state index contributed by atoms with van der Waals surface area (Å²) in [6, 6.07) is 0. The van der Waals surface area contributed by atoms with Gasteiger partial charge in [-0.25, -0.2) is 4.98 Å². The molecule has 0 amide bonds. The number of nitrogens with zero attached hydrogens (tertiary/aromatic N) is 4. The minimum Gasteiger partial charge on any atom is -0.480 e. The molecule has 2 aromatic heterocycles. The third-order valence-electron chi connectivity index (χ3n) is 2.42. The number of aromatic nitrogens is 3. The Labute approximate surface area is 110 Å². The summed E-state index contributed by atoms with van der Waals surface area (Å²) < 4.78 is 42.5. The first kappa shape index (κ1) is 14.0. The van der Waals surface area contributed by atoms with Crippen molar-refractivity contribution in [2.75, 3.05) is 18.0 Å². The van der Waals surface area contributed by atoms with Crippen molar-refractivity contribution in [2.24, 2.45) is 0 Å². The molecule has 0 aliphatic carbocycles. The van der Waals surface area contributed by atoms with Gasteiger partial charge < -0.3 is 14.5 Å². The van der Waals surface area contributed by atoms with E-state index in [1.807, 2.05) is 0 Å². The molecule has 0 bridgehead atoms. The molecule has 20 heavy (non-hydrogen) atoms. The molecule has 0 saturated carbocycles. The average Bonchev–Trinajstić information content (AvgIpc) is 2.68. The second kappa shape index (κ2) is 4.94. The summed E-state index contributed by atoms with van der Waals surface area (Å²) in [5.74, 6) is -1.58. The molecule has 108 valence electrons. The van der Waals surface area contributed by atoms with Gasteiger partial charge in [-0.2, -0.15) is 18.2 Å². The Balaban J connectivity index is 2.50. The number of fused-ring (bicyclic) bond motifs is 1. The summed E-state index contributed by atoms with van der Waals surface area (Å²) in [6.45, 7) is -0.794. The molecule has 0 aliphatic rings. The Morgan fingerprint density at radius 2 is 2.15 bits per heavy atom. The minimum absolute atomic E-state index is 0.00469. The van der Waals surface area contributed by atoms with E-state index in [-0.39, 0.29) is 22.6 Å². The van der Waals surface area contributed by atoms with Gasteiger partial charge in [-0.15, -0.1) is 0 Å². The maximum Gasteiger partial charge on any atom is 0.405 e. The number of carboxylic acid groups (broad SMARTS) is 1. The van der Waals surface area contributed by atoms with Crippen LogP contribution in [0.25, 0.3) is 11.1 Å². The lowest BCUT2D eigenvalue weighted by atomic mass is 10.3. The van der Waals surface area contributed by atoms with Crippen LogP contribution in [-0.2, 0) is 4.79 Å². The Morgan fingerprint density at radius 3 is 2.75 bits per heavy atom. The molecule has 0 saturated heterocycles. The normalized spacial score (nSPS) is 11.8. The van der Waals surface area contributed by atoms with Crippen molar-refractivity contribution in [3.05, 3.63) is 12.0 Å². The van der Waals surface area contributed by atoms with Crippen molar-refractivity contribution >= 4 is 22.9 Å². The second-order valence-electron chi connectivity index (χ2n) is 4.01. The number of aryl methyl sites for hydroxylation is 1. The number of hydrogen-bond donors (Lipinski definition) is 1. The number of carboxylic acids is 1. The molecule has 0 radical (unpaired) electrons. The van der Waals surface area contributed by atoms with Crippen molar-refractivity contribution in [1.29, 1.82) is 0 Å². The lowest BCUT2D eigenvalue weighted by Gasteiger charge is -2.23. The molecule has 0 atom stereocenters. The molecule has 7 nitrogen and oxygen atoms in total. The predicted molar refractivity (Wildman–Crippen MR) is 60.2 cm³/mol. The first-order valence-electron chi connectivity index (χ1n) is 5.38. The van der Waals surface area contributed by atoms with Crippen LogP contribution in [-0.4, -0.2) is 45.5 Å². The topological polar surface area (TPSA) is 92.4 Å². The lowest BCUT2D eigenvalue weighted by Crippen LogP contribution is -2.38. The summed E-state index contributed by atoms with van der Waals surface area (Å²) >= 11 is 0. The van der Waals surface area contributed by atoms with Crippen LogP contribution in [0.1, 0.15) is 5.69 Å². The third-order valence-corrected chi connectivity index (χ3v) is 2.42. The SMILES string of the molecule is Cc1noc2ncnc(N(CC(=O)O)CC(F)(F)F)c12. The van der Waals surface area contributed by atoms with E-state index in [2.05, 4.69) is 15.1 Å². The van der Waals surface area contributed by atoms with Crippen molar-refractivity contribution in [1.82, 2.24) is 15.1 Å². The van der Waals surface area contributed by atoms with Gasteiger partial charge in [0.05, 0.1) is 5.69 Å². The molecule has 2 heterocycles. The first-order chi connectivity index (χ1) is 9.28. The standard InChI is InChI=1S/C10H9F3N4O3/c1-5-7-8(14-4-15-9(7)20-16-5)17(2-6(18)19)3-10(11,12)13/h4H,2-3H2,1H3,(H,18,19). The van der Waals surface area contributed by atoms with Crippen LogP contribution < -0.4 is 4.90 Å². The minimum atomic E-state index is -4.57. The Hall–Kier alpha value is -2.39. The van der Waals surface area contributed by atoms with Crippen LogP contribution in [0.4, 0.5) is 19.0 Å². The molecule has 0 fully saturated rings. The highest BCUT2D eigenvalue weighted by Gasteiger charge is 2.33. The number of carbonyl (C=O) groups is 1. The maximum absolute atomic E-state index is 12.6. The molecule has 2 aromatic rings. The van der Waals surface area contributed by atoms with E-state index in [1.54, 1.807) is 0 Å². The molecule has 0 aliphatic heterocycles. The van der Waals surface area contributed by atoms with Crippen LogP contribution in [0.5, 0.6) is 0 Å². The molecule has 1 N–H and O–H groups in total. The zero-order valence-corrected chi connectivity index (χ0v) is 10.2. The summed E-state index contributed by atoms with van der Waals surface area (Å²) in [5, 5.41) is 12.5. The maximum atomic E-state index is 12.6. The van der Waals surface area contributed by atoms with Gasteiger partial charge >= 0.3 is 12.1 Å². The van der Waals surface area contributed by atoms with Crippen LogP contribution in [0.2, 0.25) is 0 Å². The quantitative estimate of drug-likeness (QED) is 0.909. The fourth-order valence-electron chi connectivity index (χ4n) is 1.73. The smallest absolute Gasteiger partial charge is 0.405 e. The Kier molecular flexibility index (Phi) is 3.47. The van der Waals surface area contributed by atoms with Crippen molar-refractivity contribution < 1.29 is 27.6 Å². The monoisotopic (exact) mass is 290 g/mol. The van der Waals surface area contributed by atoms with E-state index >= 15 is 0 Å². The van der Waals surface area contributed by atoms with Crippen LogP contribution in [0.3, 0.4) is 0 Å². The summed E-state index contributed by atoms with van der Waals surface area (Å²) in [4.78, 5) is 18.8. The highest BCUT2D eigenvalue weighted by atomic mass is 19.4. The molecule has 10 heteroatoms. The van der Waals surface area contributed by atoms with Crippen molar-refractivity contribution in [3.8, 4) is 0 Å². The average molecular weight is 290 g/mol. The number of aliphatic carboxylic acids is 1. The van der Waals surface area contributed by atoms with Gasteiger partial charge in [-0.05, 0) is 6.92 Å². The highest BCUT2D eigenvalue weighted by Crippen LogP contribution is 2.28. The molecule has 0 spiro atoms.